The van der Waals surface area contributed by atoms with Crippen LogP contribution < -0.4 is 4.90 Å². The van der Waals surface area contributed by atoms with E-state index >= 15 is 0 Å². The van der Waals surface area contributed by atoms with Gasteiger partial charge >= 0.3 is 0 Å². The Kier molecular flexibility index (Phi) is 4.15. The average molecular weight is 348 g/mol. The summed E-state index contributed by atoms with van der Waals surface area (Å²) in [6.07, 6.45) is 7.87. The lowest BCUT2D eigenvalue weighted by Gasteiger charge is -2.34. The van der Waals surface area contributed by atoms with Gasteiger partial charge in [-0.15, -0.1) is 11.3 Å². The van der Waals surface area contributed by atoms with Crippen molar-refractivity contribution in [3.8, 4) is 0 Å². The first-order valence-corrected chi connectivity index (χ1v) is 10.1. The molecular weight excluding hydrogens is 328 g/mol. The van der Waals surface area contributed by atoms with Crippen molar-refractivity contribution >= 4 is 45.5 Å². The number of fused-ring (bicyclic) bond motifs is 3. The van der Waals surface area contributed by atoms with Crippen LogP contribution in [0.25, 0.3) is 10.2 Å². The van der Waals surface area contributed by atoms with Crippen LogP contribution in [0, 0.1) is 0 Å². The predicted octanol–water partition coefficient (Wildman–Crippen LogP) is 2.57. The standard InChI is InChI=1S/C16H20N4OS2/c1-22-16-17-14(20-8-6-19(10-21)7-9-20)13-11-4-2-3-5-12(11)23-15(13)18-16/h10H,2-9H2,1H3. The zero-order valence-corrected chi connectivity index (χ0v) is 14.9. The number of hydrogen-bond acceptors (Lipinski definition) is 6. The minimum atomic E-state index is 0.774. The summed E-state index contributed by atoms with van der Waals surface area (Å²) in [5.74, 6) is 1.09. The Balaban J connectivity index is 1.80. The quantitative estimate of drug-likeness (QED) is 0.485. The number of carbonyl (C=O) groups is 1. The highest BCUT2D eigenvalue weighted by molar-refractivity contribution is 7.98. The lowest BCUT2D eigenvalue weighted by Crippen LogP contribution is -2.46. The van der Waals surface area contributed by atoms with Crippen LogP contribution in [0.1, 0.15) is 23.3 Å². The highest BCUT2D eigenvalue weighted by Crippen LogP contribution is 2.40. The number of thiophene rings is 1. The Morgan fingerprint density at radius 2 is 1.91 bits per heavy atom. The lowest BCUT2D eigenvalue weighted by atomic mass is 9.97. The summed E-state index contributed by atoms with van der Waals surface area (Å²) < 4.78 is 0. The van der Waals surface area contributed by atoms with E-state index in [0.29, 0.717) is 0 Å². The lowest BCUT2D eigenvalue weighted by molar-refractivity contribution is -0.118. The number of aryl methyl sites for hydroxylation is 2. The van der Waals surface area contributed by atoms with Crippen molar-refractivity contribution in [1.82, 2.24) is 14.9 Å². The normalized spacial score (nSPS) is 18.3. The summed E-state index contributed by atoms with van der Waals surface area (Å²) >= 11 is 3.46. The fourth-order valence-corrected chi connectivity index (χ4v) is 5.15. The van der Waals surface area contributed by atoms with Gasteiger partial charge in [0.1, 0.15) is 10.6 Å². The van der Waals surface area contributed by atoms with Crippen molar-refractivity contribution in [2.45, 2.75) is 30.8 Å². The molecule has 4 rings (SSSR count). The molecule has 0 aromatic carbocycles. The molecule has 2 aromatic heterocycles. The second-order valence-corrected chi connectivity index (χ2v) is 7.91. The van der Waals surface area contributed by atoms with E-state index in [1.165, 1.54) is 35.1 Å². The predicted molar refractivity (Wildman–Crippen MR) is 95.7 cm³/mol. The van der Waals surface area contributed by atoms with Crippen LogP contribution in [0.2, 0.25) is 0 Å². The van der Waals surface area contributed by atoms with Gasteiger partial charge < -0.3 is 9.80 Å². The molecule has 0 atom stereocenters. The molecule has 0 saturated carbocycles. The zero-order valence-electron chi connectivity index (χ0n) is 13.2. The van der Waals surface area contributed by atoms with Crippen LogP contribution in [0.4, 0.5) is 5.82 Å². The fraction of sp³-hybridized carbons (Fsp3) is 0.562. The van der Waals surface area contributed by atoms with E-state index in [4.69, 9.17) is 9.97 Å². The monoisotopic (exact) mass is 348 g/mol. The van der Waals surface area contributed by atoms with Crippen molar-refractivity contribution in [3.05, 3.63) is 10.4 Å². The van der Waals surface area contributed by atoms with Crippen molar-refractivity contribution in [2.75, 3.05) is 37.3 Å². The van der Waals surface area contributed by atoms with E-state index < -0.39 is 0 Å². The molecule has 1 saturated heterocycles. The first-order chi connectivity index (χ1) is 11.3. The number of anilines is 1. The van der Waals surface area contributed by atoms with Gasteiger partial charge in [-0.05, 0) is 37.5 Å². The molecule has 0 N–H and O–H groups in total. The fourth-order valence-electron chi connectivity index (χ4n) is 3.48. The largest absolute Gasteiger partial charge is 0.352 e. The molecular formula is C16H20N4OS2. The molecule has 1 amide bonds. The molecule has 7 heteroatoms. The molecule has 122 valence electrons. The molecule has 1 fully saturated rings. The van der Waals surface area contributed by atoms with Crippen molar-refractivity contribution in [1.29, 1.82) is 0 Å². The average Bonchev–Trinajstić information content (AvgIpc) is 2.99. The topological polar surface area (TPSA) is 49.3 Å². The minimum Gasteiger partial charge on any atom is -0.352 e. The van der Waals surface area contributed by atoms with E-state index in [9.17, 15) is 4.79 Å². The van der Waals surface area contributed by atoms with Gasteiger partial charge in [0.15, 0.2) is 5.16 Å². The van der Waals surface area contributed by atoms with E-state index in [1.807, 2.05) is 22.5 Å². The Morgan fingerprint density at radius 3 is 2.65 bits per heavy atom. The molecule has 3 heterocycles. The Labute approximate surface area is 144 Å². The molecule has 0 unspecified atom stereocenters. The SMILES string of the molecule is CSc1nc(N2CCN(C=O)CC2)c2c3c(sc2n1)CCCC3. The van der Waals surface area contributed by atoms with E-state index in [1.54, 1.807) is 11.8 Å². The third kappa shape index (κ3) is 2.70. The summed E-state index contributed by atoms with van der Waals surface area (Å²) in [6, 6.07) is 0. The van der Waals surface area contributed by atoms with Crippen LogP contribution in [-0.4, -0.2) is 53.7 Å². The summed E-state index contributed by atoms with van der Waals surface area (Å²) in [6.45, 7) is 3.25. The van der Waals surface area contributed by atoms with Crippen LogP contribution in [-0.2, 0) is 17.6 Å². The highest BCUT2D eigenvalue weighted by Gasteiger charge is 2.25. The van der Waals surface area contributed by atoms with Crippen molar-refractivity contribution in [2.24, 2.45) is 0 Å². The smallest absolute Gasteiger partial charge is 0.209 e. The van der Waals surface area contributed by atoms with E-state index in [2.05, 4.69) is 4.90 Å². The second-order valence-electron chi connectivity index (χ2n) is 6.05. The van der Waals surface area contributed by atoms with Crippen LogP contribution >= 0.6 is 23.1 Å². The summed E-state index contributed by atoms with van der Waals surface area (Å²) in [5.41, 5.74) is 1.48. The van der Waals surface area contributed by atoms with E-state index in [-0.39, 0.29) is 0 Å². The van der Waals surface area contributed by atoms with E-state index in [0.717, 1.165) is 54.8 Å². The number of hydrogen-bond donors (Lipinski definition) is 0. The number of piperazine rings is 1. The Hall–Kier alpha value is -1.34. The maximum Gasteiger partial charge on any atom is 0.209 e. The molecule has 2 aliphatic rings. The van der Waals surface area contributed by atoms with Gasteiger partial charge in [0, 0.05) is 31.1 Å². The molecule has 23 heavy (non-hydrogen) atoms. The third-order valence-corrected chi connectivity index (χ3v) is 6.45. The summed E-state index contributed by atoms with van der Waals surface area (Å²) in [5, 5.41) is 2.13. The Bertz CT molecular complexity index is 737. The number of aromatic nitrogens is 2. The highest BCUT2D eigenvalue weighted by atomic mass is 32.2. The molecule has 1 aliphatic heterocycles. The molecule has 0 radical (unpaired) electrons. The molecule has 2 aromatic rings. The van der Waals surface area contributed by atoms with Gasteiger partial charge in [0.05, 0.1) is 5.39 Å². The zero-order chi connectivity index (χ0) is 15.8. The number of rotatable bonds is 3. The maximum atomic E-state index is 10.9. The van der Waals surface area contributed by atoms with Gasteiger partial charge in [-0.2, -0.15) is 0 Å². The van der Waals surface area contributed by atoms with Crippen LogP contribution in [0.3, 0.4) is 0 Å². The molecule has 0 spiro atoms. The first kappa shape index (κ1) is 15.2. The van der Waals surface area contributed by atoms with Crippen LogP contribution in [0.5, 0.6) is 0 Å². The number of nitrogens with zero attached hydrogens (tertiary/aromatic N) is 4. The molecule has 5 nitrogen and oxygen atoms in total. The number of carbonyl (C=O) groups excluding carboxylic acids is 1. The number of amides is 1. The minimum absolute atomic E-state index is 0.774. The van der Waals surface area contributed by atoms with Gasteiger partial charge in [0.25, 0.3) is 0 Å². The number of thioether (sulfide) groups is 1. The molecule has 0 bridgehead atoms. The van der Waals surface area contributed by atoms with Crippen molar-refractivity contribution in [3.63, 3.8) is 0 Å². The first-order valence-electron chi connectivity index (χ1n) is 8.10. The summed E-state index contributed by atoms with van der Waals surface area (Å²) in [7, 11) is 0. The van der Waals surface area contributed by atoms with Crippen molar-refractivity contribution < 1.29 is 4.79 Å². The summed E-state index contributed by atoms with van der Waals surface area (Å²) in [4.78, 5) is 27.4. The van der Waals surface area contributed by atoms with Crippen LogP contribution in [0.15, 0.2) is 5.16 Å². The molecule has 1 aliphatic carbocycles. The van der Waals surface area contributed by atoms with Gasteiger partial charge in [-0.3, -0.25) is 4.79 Å². The van der Waals surface area contributed by atoms with Gasteiger partial charge in [0.2, 0.25) is 6.41 Å². The maximum absolute atomic E-state index is 10.9. The Morgan fingerprint density at radius 1 is 1.13 bits per heavy atom. The second kappa shape index (κ2) is 6.28. The van der Waals surface area contributed by atoms with Gasteiger partial charge in [-0.25, -0.2) is 9.97 Å². The third-order valence-electron chi connectivity index (χ3n) is 4.72. The van der Waals surface area contributed by atoms with Gasteiger partial charge in [-0.1, -0.05) is 11.8 Å².